The molecular formula is C18H20N4O4. The van der Waals surface area contributed by atoms with Crippen molar-refractivity contribution in [3.63, 3.8) is 0 Å². The molecule has 1 amide bonds. The number of fused-ring (bicyclic) bond motifs is 1. The second-order valence-electron chi connectivity index (χ2n) is 5.80. The molecule has 3 rings (SSSR count). The Labute approximate surface area is 149 Å². The maximum atomic E-state index is 12.7. The average molecular weight is 356 g/mol. The molecule has 3 aromatic rings. The van der Waals surface area contributed by atoms with E-state index in [-0.39, 0.29) is 23.7 Å². The Morgan fingerprint density at radius 2 is 2.12 bits per heavy atom. The third-order valence-electron chi connectivity index (χ3n) is 4.16. The maximum absolute atomic E-state index is 12.7. The van der Waals surface area contributed by atoms with Gasteiger partial charge >= 0.3 is 0 Å². The van der Waals surface area contributed by atoms with Gasteiger partial charge in [0.2, 0.25) is 5.91 Å². The molecule has 0 aliphatic heterocycles. The first-order chi connectivity index (χ1) is 12.5. The lowest BCUT2D eigenvalue weighted by molar-refractivity contribution is -0.121. The largest absolute Gasteiger partial charge is 0.496 e. The highest BCUT2D eigenvalue weighted by Gasteiger charge is 2.18. The third kappa shape index (κ3) is 3.30. The van der Waals surface area contributed by atoms with Crippen LogP contribution in [0.15, 0.2) is 33.6 Å². The van der Waals surface area contributed by atoms with Crippen LogP contribution in [0.3, 0.4) is 0 Å². The molecule has 0 saturated carbocycles. The number of ether oxygens (including phenoxy) is 1. The Hall–Kier alpha value is -3.16. The van der Waals surface area contributed by atoms with Gasteiger partial charge in [-0.25, -0.2) is 0 Å². The maximum Gasteiger partial charge on any atom is 0.267 e. The number of aromatic nitrogens is 3. The summed E-state index contributed by atoms with van der Waals surface area (Å²) in [5.41, 5.74) is 1.28. The highest BCUT2D eigenvalue weighted by molar-refractivity contribution is 5.78. The van der Waals surface area contributed by atoms with Gasteiger partial charge < -0.3 is 14.6 Å². The van der Waals surface area contributed by atoms with Gasteiger partial charge in [-0.2, -0.15) is 4.98 Å². The van der Waals surface area contributed by atoms with Crippen molar-refractivity contribution >= 4 is 17.0 Å². The summed E-state index contributed by atoms with van der Waals surface area (Å²) in [5, 5.41) is 7.00. The number of hydrogen-bond acceptors (Lipinski definition) is 6. The number of aryl methyl sites for hydroxylation is 2. The zero-order valence-electron chi connectivity index (χ0n) is 14.9. The molecule has 1 aromatic carbocycles. The van der Waals surface area contributed by atoms with Gasteiger partial charge in [-0.3, -0.25) is 14.2 Å². The van der Waals surface area contributed by atoms with Crippen LogP contribution in [0.5, 0.6) is 5.75 Å². The summed E-state index contributed by atoms with van der Waals surface area (Å²) in [6.07, 6.45) is 0.549. The van der Waals surface area contributed by atoms with Crippen LogP contribution in [0, 0.1) is 6.92 Å². The lowest BCUT2D eigenvalue weighted by Gasteiger charge is -2.11. The minimum atomic E-state index is -0.321. The molecule has 2 heterocycles. The van der Waals surface area contributed by atoms with Crippen LogP contribution < -0.4 is 15.6 Å². The number of amides is 1. The van der Waals surface area contributed by atoms with E-state index in [1.807, 2.05) is 31.2 Å². The number of methoxy groups -OCH3 is 1. The molecule has 8 nitrogen and oxygen atoms in total. The summed E-state index contributed by atoms with van der Waals surface area (Å²) in [5.74, 6) is 0.798. The number of nitrogens with one attached hydrogen (secondary N) is 1. The summed E-state index contributed by atoms with van der Waals surface area (Å²) in [6.45, 7) is 3.71. The fourth-order valence-corrected chi connectivity index (χ4v) is 2.76. The van der Waals surface area contributed by atoms with Gasteiger partial charge in [-0.1, -0.05) is 30.3 Å². The van der Waals surface area contributed by atoms with E-state index < -0.39 is 0 Å². The molecule has 136 valence electrons. The van der Waals surface area contributed by atoms with Crippen molar-refractivity contribution in [2.45, 2.75) is 33.4 Å². The number of benzene rings is 1. The summed E-state index contributed by atoms with van der Waals surface area (Å²) >= 11 is 0. The SMILES string of the molecule is CCc1noc2nc(C)n(CC(=O)NCc3ccccc3OC)c(=O)c12. The van der Waals surface area contributed by atoms with E-state index in [1.165, 1.54) is 4.57 Å². The highest BCUT2D eigenvalue weighted by Crippen LogP contribution is 2.17. The van der Waals surface area contributed by atoms with Crippen molar-refractivity contribution < 1.29 is 14.1 Å². The number of para-hydroxylation sites is 1. The lowest BCUT2D eigenvalue weighted by atomic mass is 10.2. The molecule has 0 radical (unpaired) electrons. The van der Waals surface area contributed by atoms with Crippen LogP contribution in [0.1, 0.15) is 24.0 Å². The van der Waals surface area contributed by atoms with Crippen molar-refractivity contribution in [3.8, 4) is 5.75 Å². The first kappa shape index (κ1) is 17.7. The first-order valence-corrected chi connectivity index (χ1v) is 8.29. The predicted molar refractivity (Wildman–Crippen MR) is 95.0 cm³/mol. The van der Waals surface area contributed by atoms with Crippen LogP contribution in [-0.2, 0) is 24.3 Å². The summed E-state index contributed by atoms with van der Waals surface area (Å²) in [7, 11) is 1.58. The standard InChI is InChI=1S/C18H20N4O4/c1-4-13-16-17(26-21-13)20-11(2)22(18(16)24)10-15(23)19-9-12-7-5-6-8-14(12)25-3/h5-8H,4,9-10H2,1-3H3,(H,19,23). The molecule has 2 aromatic heterocycles. The van der Waals surface area contributed by atoms with E-state index in [9.17, 15) is 9.59 Å². The van der Waals surface area contributed by atoms with Crippen molar-refractivity contribution in [2.75, 3.05) is 7.11 Å². The van der Waals surface area contributed by atoms with E-state index in [0.717, 1.165) is 5.56 Å². The van der Waals surface area contributed by atoms with Gasteiger partial charge in [0.1, 0.15) is 23.5 Å². The van der Waals surface area contributed by atoms with Gasteiger partial charge in [0, 0.05) is 12.1 Å². The number of rotatable bonds is 6. The minimum Gasteiger partial charge on any atom is -0.496 e. The molecule has 0 bridgehead atoms. The van der Waals surface area contributed by atoms with Gasteiger partial charge in [0.25, 0.3) is 11.3 Å². The second-order valence-corrected chi connectivity index (χ2v) is 5.80. The zero-order valence-corrected chi connectivity index (χ0v) is 14.9. The van der Waals surface area contributed by atoms with Gasteiger partial charge in [-0.15, -0.1) is 0 Å². The Bertz CT molecular complexity index is 1010. The fraction of sp³-hybridized carbons (Fsp3) is 0.333. The molecule has 0 fully saturated rings. The minimum absolute atomic E-state index is 0.128. The number of hydrogen-bond donors (Lipinski definition) is 1. The predicted octanol–water partition coefficient (Wildman–Crippen LogP) is 1.58. The van der Waals surface area contributed by atoms with Crippen molar-refractivity contribution in [1.82, 2.24) is 20.0 Å². The smallest absolute Gasteiger partial charge is 0.267 e. The molecule has 0 spiro atoms. The number of nitrogens with zero attached hydrogens (tertiary/aromatic N) is 3. The highest BCUT2D eigenvalue weighted by atomic mass is 16.5. The Morgan fingerprint density at radius 3 is 2.85 bits per heavy atom. The Kier molecular flexibility index (Phi) is 5.01. The number of carbonyl (C=O) groups is 1. The van der Waals surface area contributed by atoms with E-state index in [1.54, 1.807) is 14.0 Å². The van der Waals surface area contributed by atoms with Crippen molar-refractivity contribution in [1.29, 1.82) is 0 Å². The molecule has 0 aliphatic carbocycles. The van der Waals surface area contributed by atoms with E-state index >= 15 is 0 Å². The van der Waals surface area contributed by atoms with Crippen LogP contribution in [0.25, 0.3) is 11.1 Å². The lowest BCUT2D eigenvalue weighted by Crippen LogP contribution is -2.33. The van der Waals surface area contributed by atoms with Crippen LogP contribution in [-0.4, -0.2) is 27.7 Å². The normalized spacial score (nSPS) is 10.9. The van der Waals surface area contributed by atoms with Crippen molar-refractivity contribution in [2.24, 2.45) is 0 Å². The summed E-state index contributed by atoms with van der Waals surface area (Å²) < 4.78 is 11.7. The van der Waals surface area contributed by atoms with Crippen LogP contribution in [0.2, 0.25) is 0 Å². The van der Waals surface area contributed by atoms with E-state index in [2.05, 4.69) is 15.5 Å². The Balaban J connectivity index is 1.80. The van der Waals surface area contributed by atoms with E-state index in [4.69, 9.17) is 9.26 Å². The molecule has 1 N–H and O–H groups in total. The Morgan fingerprint density at radius 1 is 1.35 bits per heavy atom. The summed E-state index contributed by atoms with van der Waals surface area (Å²) in [6, 6.07) is 7.42. The van der Waals surface area contributed by atoms with Gasteiger partial charge in [0.05, 0.1) is 12.8 Å². The fourth-order valence-electron chi connectivity index (χ4n) is 2.76. The molecule has 0 aliphatic rings. The molecule has 0 atom stereocenters. The first-order valence-electron chi connectivity index (χ1n) is 8.29. The van der Waals surface area contributed by atoms with Gasteiger partial charge in [0.15, 0.2) is 0 Å². The average Bonchev–Trinajstić information content (AvgIpc) is 3.06. The summed E-state index contributed by atoms with van der Waals surface area (Å²) in [4.78, 5) is 29.3. The van der Waals surface area contributed by atoms with E-state index in [0.29, 0.717) is 35.6 Å². The third-order valence-corrected chi connectivity index (χ3v) is 4.16. The molecule has 26 heavy (non-hydrogen) atoms. The van der Waals surface area contributed by atoms with Crippen LogP contribution >= 0.6 is 0 Å². The van der Waals surface area contributed by atoms with Gasteiger partial charge in [-0.05, 0) is 19.4 Å². The number of carbonyl (C=O) groups excluding carboxylic acids is 1. The molecular weight excluding hydrogens is 336 g/mol. The van der Waals surface area contributed by atoms with Crippen molar-refractivity contribution in [3.05, 3.63) is 51.7 Å². The quantitative estimate of drug-likeness (QED) is 0.720. The molecule has 0 unspecified atom stereocenters. The second kappa shape index (κ2) is 7.38. The monoisotopic (exact) mass is 356 g/mol. The van der Waals surface area contributed by atoms with Crippen LogP contribution in [0.4, 0.5) is 0 Å². The molecule has 8 heteroatoms. The topological polar surface area (TPSA) is 99.2 Å². The zero-order chi connectivity index (χ0) is 18.7. The molecule has 0 saturated heterocycles.